The van der Waals surface area contributed by atoms with Crippen LogP contribution in [0.4, 0.5) is 5.69 Å². The van der Waals surface area contributed by atoms with Gasteiger partial charge in [-0.3, -0.25) is 0 Å². The average molecular weight is 281 g/mol. The minimum atomic E-state index is -0.679. The molecule has 0 saturated carbocycles. The monoisotopic (exact) mass is 281 g/mol. The average Bonchev–Trinajstić information content (AvgIpc) is 2.45. The molecule has 6 heteroatoms. The molecule has 2 N–H and O–H groups in total. The van der Waals surface area contributed by atoms with Gasteiger partial charge in [0, 0.05) is 5.69 Å². The third kappa shape index (κ3) is 4.79. The van der Waals surface area contributed by atoms with Gasteiger partial charge < -0.3 is 19.9 Å². The number of methoxy groups -OCH3 is 1. The smallest absolute Gasteiger partial charge is 0.344 e. The number of benzene rings is 1. The number of carbonyl (C=O) groups excluding carboxylic acids is 2. The Kier molecular flexibility index (Phi) is 6.36. The van der Waals surface area contributed by atoms with Crippen molar-refractivity contribution < 1.29 is 23.8 Å². The Morgan fingerprint density at radius 3 is 2.65 bits per heavy atom. The van der Waals surface area contributed by atoms with Crippen LogP contribution in [-0.4, -0.2) is 32.3 Å². The number of hydrogen-bond acceptors (Lipinski definition) is 6. The Labute approximate surface area is 117 Å². The van der Waals surface area contributed by atoms with Gasteiger partial charge in [0.05, 0.1) is 13.7 Å². The van der Waals surface area contributed by atoms with E-state index in [9.17, 15) is 9.59 Å². The number of ether oxygens (including phenoxy) is 3. The molecule has 0 aromatic heterocycles. The fourth-order valence-corrected chi connectivity index (χ4v) is 1.46. The molecule has 0 aliphatic carbocycles. The number of anilines is 1. The SMILES string of the molecule is CCCCOC(=O)COC(=O)c1cc(N)ccc1OC. The Morgan fingerprint density at radius 1 is 1.25 bits per heavy atom. The lowest BCUT2D eigenvalue weighted by Gasteiger charge is -2.09. The summed E-state index contributed by atoms with van der Waals surface area (Å²) < 4.78 is 14.8. The summed E-state index contributed by atoms with van der Waals surface area (Å²) in [6.45, 7) is 1.88. The molecule has 6 nitrogen and oxygen atoms in total. The quantitative estimate of drug-likeness (QED) is 0.465. The molecule has 0 atom stereocenters. The molecule has 0 spiro atoms. The van der Waals surface area contributed by atoms with E-state index in [0.29, 0.717) is 18.0 Å². The molecule has 0 radical (unpaired) electrons. The first kappa shape index (κ1) is 15.8. The molecule has 20 heavy (non-hydrogen) atoms. The topological polar surface area (TPSA) is 87.9 Å². The Hall–Kier alpha value is -2.24. The highest BCUT2D eigenvalue weighted by Gasteiger charge is 2.16. The number of carbonyl (C=O) groups is 2. The van der Waals surface area contributed by atoms with Crippen molar-refractivity contribution in [2.75, 3.05) is 26.1 Å². The first-order valence-electron chi connectivity index (χ1n) is 6.34. The molecule has 0 aliphatic heterocycles. The Balaban J connectivity index is 2.54. The van der Waals surface area contributed by atoms with Gasteiger partial charge in [-0.1, -0.05) is 13.3 Å². The minimum absolute atomic E-state index is 0.175. The molecule has 0 unspecified atom stereocenters. The summed E-state index contributed by atoms with van der Waals surface area (Å²) in [7, 11) is 1.43. The second-order valence-corrected chi connectivity index (χ2v) is 4.11. The number of unbranched alkanes of at least 4 members (excludes halogenated alkanes) is 1. The molecule has 0 amide bonds. The fourth-order valence-electron chi connectivity index (χ4n) is 1.46. The van der Waals surface area contributed by atoms with E-state index in [1.165, 1.54) is 13.2 Å². The lowest BCUT2D eigenvalue weighted by molar-refractivity contribution is -0.147. The van der Waals surface area contributed by atoms with Crippen molar-refractivity contribution in [3.8, 4) is 5.75 Å². The van der Waals surface area contributed by atoms with Crippen LogP contribution in [0, 0.1) is 0 Å². The van der Waals surface area contributed by atoms with E-state index in [0.717, 1.165) is 12.8 Å². The molecular formula is C14H19NO5. The van der Waals surface area contributed by atoms with Gasteiger partial charge in [-0.15, -0.1) is 0 Å². The normalized spacial score (nSPS) is 9.90. The van der Waals surface area contributed by atoms with Gasteiger partial charge in [-0.05, 0) is 24.6 Å². The van der Waals surface area contributed by atoms with Crippen molar-refractivity contribution >= 4 is 17.6 Å². The summed E-state index contributed by atoms with van der Waals surface area (Å²) >= 11 is 0. The first-order valence-corrected chi connectivity index (χ1v) is 6.34. The third-order valence-electron chi connectivity index (χ3n) is 2.53. The molecule has 1 aromatic carbocycles. The number of nitrogens with two attached hydrogens (primary N) is 1. The van der Waals surface area contributed by atoms with Crippen molar-refractivity contribution in [2.45, 2.75) is 19.8 Å². The summed E-state index contributed by atoms with van der Waals surface area (Å²) in [5, 5.41) is 0. The van der Waals surface area contributed by atoms with Crippen LogP contribution in [0.3, 0.4) is 0 Å². The molecule has 110 valence electrons. The maximum absolute atomic E-state index is 11.8. The summed E-state index contributed by atoms with van der Waals surface area (Å²) in [6, 6.07) is 4.60. The van der Waals surface area contributed by atoms with Crippen LogP contribution in [0.2, 0.25) is 0 Å². The summed E-state index contributed by atoms with van der Waals surface area (Å²) in [5.41, 5.74) is 6.18. The summed E-state index contributed by atoms with van der Waals surface area (Å²) in [4.78, 5) is 23.2. The van der Waals surface area contributed by atoms with Gasteiger partial charge in [0.2, 0.25) is 0 Å². The van der Waals surface area contributed by atoms with Crippen molar-refractivity contribution in [2.24, 2.45) is 0 Å². The number of esters is 2. The zero-order valence-electron chi connectivity index (χ0n) is 11.7. The van der Waals surface area contributed by atoms with Gasteiger partial charge in [-0.25, -0.2) is 9.59 Å². The maximum atomic E-state index is 11.8. The van der Waals surface area contributed by atoms with Gasteiger partial charge in [0.1, 0.15) is 11.3 Å². The van der Waals surface area contributed by atoms with E-state index in [1.54, 1.807) is 12.1 Å². The third-order valence-corrected chi connectivity index (χ3v) is 2.53. The summed E-state index contributed by atoms with van der Waals surface area (Å²) in [6.07, 6.45) is 1.70. The highest BCUT2D eigenvalue weighted by atomic mass is 16.6. The zero-order valence-corrected chi connectivity index (χ0v) is 11.7. The maximum Gasteiger partial charge on any atom is 0.344 e. The second kappa shape index (κ2) is 8.04. The molecule has 0 aliphatic rings. The van der Waals surface area contributed by atoms with Gasteiger partial charge in [-0.2, -0.15) is 0 Å². The number of rotatable bonds is 7. The van der Waals surface area contributed by atoms with Gasteiger partial charge in [0.15, 0.2) is 6.61 Å². The fraction of sp³-hybridized carbons (Fsp3) is 0.429. The largest absolute Gasteiger partial charge is 0.496 e. The first-order chi connectivity index (χ1) is 9.58. The lowest BCUT2D eigenvalue weighted by Crippen LogP contribution is -2.17. The van der Waals surface area contributed by atoms with Crippen LogP contribution in [0.25, 0.3) is 0 Å². The second-order valence-electron chi connectivity index (χ2n) is 4.11. The van der Waals surface area contributed by atoms with E-state index < -0.39 is 18.5 Å². The zero-order chi connectivity index (χ0) is 15.0. The Bertz CT molecular complexity index is 473. The molecule has 0 bridgehead atoms. The van der Waals surface area contributed by atoms with E-state index >= 15 is 0 Å². The van der Waals surface area contributed by atoms with Crippen LogP contribution in [0.5, 0.6) is 5.75 Å². The van der Waals surface area contributed by atoms with E-state index in [1.807, 2.05) is 6.92 Å². The van der Waals surface area contributed by atoms with Crippen LogP contribution in [-0.2, 0) is 14.3 Å². The van der Waals surface area contributed by atoms with Crippen LogP contribution < -0.4 is 10.5 Å². The lowest BCUT2D eigenvalue weighted by atomic mass is 10.2. The molecule has 1 aromatic rings. The molecule has 0 fully saturated rings. The molecular weight excluding hydrogens is 262 g/mol. The Morgan fingerprint density at radius 2 is 2.00 bits per heavy atom. The van der Waals surface area contributed by atoms with Crippen molar-refractivity contribution in [3.63, 3.8) is 0 Å². The van der Waals surface area contributed by atoms with E-state index in [-0.39, 0.29) is 5.56 Å². The van der Waals surface area contributed by atoms with Crippen molar-refractivity contribution in [1.82, 2.24) is 0 Å². The predicted octanol–water partition coefficient (Wildman–Crippen LogP) is 1.78. The van der Waals surface area contributed by atoms with E-state index in [4.69, 9.17) is 19.9 Å². The summed E-state index contributed by atoms with van der Waals surface area (Å²) in [5.74, 6) is -0.917. The number of hydrogen-bond donors (Lipinski definition) is 1. The van der Waals surface area contributed by atoms with Crippen LogP contribution in [0.15, 0.2) is 18.2 Å². The standard InChI is InChI=1S/C14H19NO5/c1-3-4-7-19-13(16)9-20-14(17)11-8-10(15)5-6-12(11)18-2/h5-6,8H,3-4,7,9,15H2,1-2H3. The minimum Gasteiger partial charge on any atom is -0.496 e. The van der Waals surface area contributed by atoms with Crippen LogP contribution in [0.1, 0.15) is 30.1 Å². The molecule has 1 rings (SSSR count). The number of nitrogen functional groups attached to an aromatic ring is 1. The van der Waals surface area contributed by atoms with Crippen molar-refractivity contribution in [3.05, 3.63) is 23.8 Å². The highest BCUT2D eigenvalue weighted by Crippen LogP contribution is 2.21. The molecule has 0 saturated heterocycles. The van der Waals surface area contributed by atoms with Gasteiger partial charge >= 0.3 is 11.9 Å². The molecule has 0 heterocycles. The van der Waals surface area contributed by atoms with Crippen molar-refractivity contribution in [1.29, 1.82) is 0 Å². The van der Waals surface area contributed by atoms with Gasteiger partial charge in [0.25, 0.3) is 0 Å². The highest BCUT2D eigenvalue weighted by molar-refractivity contribution is 5.94. The van der Waals surface area contributed by atoms with E-state index in [2.05, 4.69) is 0 Å². The van der Waals surface area contributed by atoms with Crippen LogP contribution >= 0.6 is 0 Å². The predicted molar refractivity (Wildman–Crippen MR) is 73.6 cm³/mol.